The molecule has 0 radical (unpaired) electrons. The number of halogens is 3. The van der Waals surface area contributed by atoms with E-state index in [1.807, 2.05) is 19.1 Å². The van der Waals surface area contributed by atoms with Gasteiger partial charge in [0.05, 0.1) is 6.10 Å². The van der Waals surface area contributed by atoms with Crippen molar-refractivity contribution >= 4 is 17.5 Å². The van der Waals surface area contributed by atoms with E-state index in [0.717, 1.165) is 41.3 Å². The largest absolute Gasteiger partial charge is 0.409 e. The molecule has 27 heavy (non-hydrogen) atoms. The van der Waals surface area contributed by atoms with E-state index in [9.17, 15) is 18.3 Å². The molecule has 1 atom stereocenters. The molecule has 0 saturated heterocycles. The number of anilines is 1. The van der Waals surface area contributed by atoms with Crippen LogP contribution in [0, 0.1) is 6.92 Å². The summed E-state index contributed by atoms with van der Waals surface area (Å²) in [6, 6.07) is 11.1. The van der Waals surface area contributed by atoms with Crippen LogP contribution in [0.3, 0.4) is 0 Å². The quantitative estimate of drug-likeness (QED) is 0.741. The van der Waals surface area contributed by atoms with Crippen molar-refractivity contribution < 1.29 is 18.3 Å². The van der Waals surface area contributed by atoms with E-state index in [0.29, 0.717) is 17.7 Å². The third-order valence-electron chi connectivity index (χ3n) is 4.79. The Morgan fingerprint density at radius 1 is 1.26 bits per heavy atom. The van der Waals surface area contributed by atoms with Crippen molar-refractivity contribution in [1.29, 1.82) is 0 Å². The van der Waals surface area contributed by atoms with Crippen molar-refractivity contribution in [2.75, 3.05) is 5.32 Å². The Morgan fingerprint density at radius 2 is 2.04 bits per heavy atom. The molecular weight excluding hydrogens is 351 g/mol. The molecule has 0 aliphatic heterocycles. The fraction of sp³-hybridized carbons (Fsp3) is 0.273. The topological polar surface area (TPSA) is 32.3 Å². The molecule has 2 N–H and O–H groups in total. The van der Waals surface area contributed by atoms with E-state index in [2.05, 4.69) is 18.0 Å². The molecule has 0 spiro atoms. The third-order valence-corrected chi connectivity index (χ3v) is 4.79. The lowest BCUT2D eigenvalue weighted by Gasteiger charge is -2.24. The highest BCUT2D eigenvalue weighted by Gasteiger charge is 2.22. The van der Waals surface area contributed by atoms with Crippen molar-refractivity contribution in [3.63, 3.8) is 0 Å². The zero-order valence-corrected chi connectivity index (χ0v) is 15.1. The second kappa shape index (κ2) is 7.61. The molecule has 5 heteroatoms. The minimum Gasteiger partial charge on any atom is -0.393 e. The van der Waals surface area contributed by atoms with Gasteiger partial charge in [-0.05, 0) is 48.1 Å². The van der Waals surface area contributed by atoms with Gasteiger partial charge in [-0.25, -0.2) is 0 Å². The molecule has 2 aromatic carbocycles. The van der Waals surface area contributed by atoms with E-state index < -0.39 is 6.18 Å². The molecular formula is C22H22F3NO. The van der Waals surface area contributed by atoms with Crippen LogP contribution in [0.15, 0.2) is 49.1 Å². The van der Waals surface area contributed by atoms with Gasteiger partial charge in [-0.15, -0.1) is 0 Å². The average Bonchev–Trinajstić information content (AvgIpc) is 2.60. The van der Waals surface area contributed by atoms with Gasteiger partial charge >= 0.3 is 6.18 Å². The van der Waals surface area contributed by atoms with Gasteiger partial charge in [0.25, 0.3) is 0 Å². The zero-order chi connectivity index (χ0) is 19.6. The SMILES string of the molecule is C=C(Nc1cccc2c1CC(O)CC2)c1ccc(/C=C/C(F)(F)F)cc1C. The summed E-state index contributed by atoms with van der Waals surface area (Å²) in [5.41, 5.74) is 6.07. The number of fused-ring (bicyclic) bond motifs is 1. The summed E-state index contributed by atoms with van der Waals surface area (Å²) in [4.78, 5) is 0. The Bertz CT molecular complexity index is 884. The summed E-state index contributed by atoms with van der Waals surface area (Å²) >= 11 is 0. The smallest absolute Gasteiger partial charge is 0.393 e. The van der Waals surface area contributed by atoms with Crippen LogP contribution in [0.2, 0.25) is 0 Å². The number of allylic oxidation sites excluding steroid dienone is 1. The van der Waals surface area contributed by atoms with Gasteiger partial charge in [-0.2, -0.15) is 13.2 Å². The molecule has 1 unspecified atom stereocenters. The minimum absolute atomic E-state index is 0.232. The predicted octanol–water partition coefficient (Wildman–Crippen LogP) is 5.50. The highest BCUT2D eigenvalue weighted by Crippen LogP contribution is 2.31. The second-order valence-electron chi connectivity index (χ2n) is 6.89. The normalized spacial score (nSPS) is 17.0. The van der Waals surface area contributed by atoms with Gasteiger partial charge in [0.15, 0.2) is 0 Å². The predicted molar refractivity (Wildman–Crippen MR) is 103 cm³/mol. The first-order valence-corrected chi connectivity index (χ1v) is 8.85. The molecule has 0 aromatic heterocycles. The Balaban J connectivity index is 1.80. The lowest BCUT2D eigenvalue weighted by Crippen LogP contribution is -2.20. The molecule has 3 rings (SSSR count). The van der Waals surface area contributed by atoms with Crippen molar-refractivity contribution in [1.82, 2.24) is 0 Å². The van der Waals surface area contributed by atoms with Crippen LogP contribution in [0.4, 0.5) is 18.9 Å². The second-order valence-corrected chi connectivity index (χ2v) is 6.89. The summed E-state index contributed by atoms with van der Waals surface area (Å²) in [6.07, 6.45) is -1.16. The minimum atomic E-state index is -4.32. The standard InChI is InChI=1S/C22H22F3NO/c1-14-12-16(10-11-22(23,24)25)6-9-19(14)15(2)26-21-5-3-4-17-7-8-18(27)13-20(17)21/h3-6,9-12,18,26-27H,2,7-8,13H2,1H3/b11-10+. The Morgan fingerprint density at radius 3 is 2.74 bits per heavy atom. The summed E-state index contributed by atoms with van der Waals surface area (Å²) < 4.78 is 37.0. The highest BCUT2D eigenvalue weighted by molar-refractivity contribution is 5.79. The van der Waals surface area contributed by atoms with Gasteiger partial charge < -0.3 is 10.4 Å². The van der Waals surface area contributed by atoms with Gasteiger partial charge in [-0.3, -0.25) is 0 Å². The van der Waals surface area contributed by atoms with E-state index in [1.165, 1.54) is 5.56 Å². The number of aliphatic hydroxyl groups is 1. The lowest BCUT2D eigenvalue weighted by atomic mass is 9.88. The van der Waals surface area contributed by atoms with Gasteiger partial charge in [0, 0.05) is 29.4 Å². The number of nitrogens with one attached hydrogen (secondary N) is 1. The van der Waals surface area contributed by atoms with Crippen LogP contribution < -0.4 is 5.32 Å². The fourth-order valence-electron chi connectivity index (χ4n) is 3.44. The number of hydrogen-bond donors (Lipinski definition) is 2. The van der Waals surface area contributed by atoms with Crippen LogP contribution in [0.1, 0.15) is 34.2 Å². The number of aryl methyl sites for hydroxylation is 2. The Labute approximate surface area is 157 Å². The fourth-order valence-corrected chi connectivity index (χ4v) is 3.44. The Hall–Kier alpha value is -2.53. The highest BCUT2D eigenvalue weighted by atomic mass is 19.4. The number of alkyl halides is 3. The van der Waals surface area contributed by atoms with Crippen molar-refractivity contribution in [3.05, 3.63) is 76.9 Å². The monoisotopic (exact) mass is 373 g/mol. The third kappa shape index (κ3) is 4.80. The van der Waals surface area contributed by atoms with E-state index in [1.54, 1.807) is 18.2 Å². The molecule has 0 amide bonds. The van der Waals surface area contributed by atoms with E-state index >= 15 is 0 Å². The molecule has 0 saturated carbocycles. The number of hydrogen-bond acceptors (Lipinski definition) is 2. The van der Waals surface area contributed by atoms with Crippen molar-refractivity contribution in [2.45, 2.75) is 38.5 Å². The van der Waals surface area contributed by atoms with E-state index in [4.69, 9.17) is 0 Å². The van der Waals surface area contributed by atoms with Gasteiger partial charge in [0.1, 0.15) is 0 Å². The molecule has 2 nitrogen and oxygen atoms in total. The summed E-state index contributed by atoms with van der Waals surface area (Å²) in [6.45, 7) is 5.94. The van der Waals surface area contributed by atoms with Crippen LogP contribution in [-0.2, 0) is 12.8 Å². The number of rotatable bonds is 4. The average molecular weight is 373 g/mol. The summed E-state index contributed by atoms with van der Waals surface area (Å²) in [5.74, 6) is 0. The molecule has 142 valence electrons. The van der Waals surface area contributed by atoms with Gasteiger partial charge in [0.2, 0.25) is 0 Å². The molecule has 1 aliphatic rings. The van der Waals surface area contributed by atoms with Crippen molar-refractivity contribution in [3.8, 4) is 0 Å². The van der Waals surface area contributed by atoms with Crippen LogP contribution in [0.25, 0.3) is 11.8 Å². The molecule has 2 aromatic rings. The molecule has 0 bridgehead atoms. The molecule has 0 fully saturated rings. The van der Waals surface area contributed by atoms with Crippen LogP contribution in [-0.4, -0.2) is 17.4 Å². The lowest BCUT2D eigenvalue weighted by molar-refractivity contribution is -0.0790. The van der Waals surface area contributed by atoms with Crippen LogP contribution in [0.5, 0.6) is 0 Å². The maximum Gasteiger partial charge on any atom is 0.409 e. The Kier molecular flexibility index (Phi) is 5.42. The molecule has 1 aliphatic carbocycles. The number of benzene rings is 2. The maximum absolute atomic E-state index is 12.3. The first-order valence-electron chi connectivity index (χ1n) is 8.85. The van der Waals surface area contributed by atoms with Crippen LogP contribution >= 0.6 is 0 Å². The summed E-state index contributed by atoms with van der Waals surface area (Å²) in [5, 5.41) is 13.3. The van der Waals surface area contributed by atoms with Gasteiger partial charge in [-0.1, -0.05) is 43.0 Å². The first-order chi connectivity index (χ1) is 12.7. The molecule has 0 heterocycles. The van der Waals surface area contributed by atoms with Crippen molar-refractivity contribution in [2.24, 2.45) is 0 Å². The zero-order valence-electron chi connectivity index (χ0n) is 15.1. The summed E-state index contributed by atoms with van der Waals surface area (Å²) in [7, 11) is 0. The number of aliphatic hydroxyl groups excluding tert-OH is 1. The first kappa shape index (κ1) is 19.2. The van der Waals surface area contributed by atoms with E-state index in [-0.39, 0.29) is 12.2 Å². The maximum atomic E-state index is 12.3.